The molecule has 0 spiro atoms. The number of hydrogen-bond acceptors (Lipinski definition) is 5. The molecule has 7 heteroatoms. The molecule has 0 aliphatic carbocycles. The molecule has 0 saturated carbocycles. The first-order valence-electron chi connectivity index (χ1n) is 12.2. The van der Waals surface area contributed by atoms with Gasteiger partial charge in [0.15, 0.2) is 0 Å². The zero-order chi connectivity index (χ0) is 24.2. The minimum atomic E-state index is -0.124. The zero-order valence-electron chi connectivity index (χ0n) is 19.9. The van der Waals surface area contributed by atoms with Crippen molar-refractivity contribution in [3.63, 3.8) is 0 Å². The third-order valence-corrected chi connectivity index (χ3v) is 7.47. The van der Waals surface area contributed by atoms with Gasteiger partial charge in [-0.25, -0.2) is 9.55 Å². The van der Waals surface area contributed by atoms with Crippen LogP contribution < -0.4 is 15.8 Å². The van der Waals surface area contributed by atoms with Crippen LogP contribution in [0.1, 0.15) is 30.4 Å². The van der Waals surface area contributed by atoms with Gasteiger partial charge < -0.3 is 10.2 Å². The number of carbonyl (C=O) groups excluding carboxylic acids is 1. The molecule has 0 unspecified atom stereocenters. The van der Waals surface area contributed by atoms with Gasteiger partial charge in [0.25, 0.3) is 5.56 Å². The minimum absolute atomic E-state index is 0.0573. The first-order chi connectivity index (χ1) is 17.1. The van der Waals surface area contributed by atoms with Crippen molar-refractivity contribution in [3.05, 3.63) is 87.5 Å². The number of aromatic nitrogens is 2. The van der Waals surface area contributed by atoms with E-state index in [2.05, 4.69) is 22.3 Å². The topological polar surface area (TPSA) is 67.2 Å². The van der Waals surface area contributed by atoms with Crippen LogP contribution in [0.15, 0.2) is 70.8 Å². The third kappa shape index (κ3) is 5.15. The molecule has 35 heavy (non-hydrogen) atoms. The Labute approximate surface area is 209 Å². The van der Waals surface area contributed by atoms with E-state index in [-0.39, 0.29) is 17.4 Å². The molecule has 1 atom stereocenters. The summed E-state index contributed by atoms with van der Waals surface area (Å²) in [6.07, 6.45) is 3.59. The summed E-state index contributed by atoms with van der Waals surface area (Å²) in [5, 5.41) is 5.04. The number of fused-ring (bicyclic) bond motifs is 1. The van der Waals surface area contributed by atoms with E-state index in [1.807, 2.05) is 60.8 Å². The average molecular weight is 487 g/mol. The number of aryl methyl sites for hydroxylation is 2. The van der Waals surface area contributed by atoms with E-state index in [0.717, 1.165) is 43.5 Å². The monoisotopic (exact) mass is 486 g/mol. The molecule has 2 aromatic heterocycles. The van der Waals surface area contributed by atoms with Gasteiger partial charge >= 0.3 is 0 Å². The molecule has 1 amide bonds. The normalized spacial score (nSPS) is 15.9. The van der Waals surface area contributed by atoms with Gasteiger partial charge in [0.2, 0.25) is 11.9 Å². The Bertz CT molecular complexity index is 1380. The molecule has 4 aromatic rings. The van der Waals surface area contributed by atoms with Crippen LogP contribution in [0, 0.1) is 12.8 Å². The van der Waals surface area contributed by atoms with Crippen molar-refractivity contribution in [2.45, 2.75) is 32.6 Å². The molecule has 5 rings (SSSR count). The van der Waals surface area contributed by atoms with E-state index in [1.54, 1.807) is 4.57 Å². The Balaban J connectivity index is 1.34. The highest BCUT2D eigenvalue weighted by Crippen LogP contribution is 2.27. The largest absolute Gasteiger partial charge is 0.356 e. The fourth-order valence-electron chi connectivity index (χ4n) is 4.78. The van der Waals surface area contributed by atoms with Crippen molar-refractivity contribution in [1.82, 2.24) is 14.9 Å². The molecule has 3 heterocycles. The predicted molar refractivity (Wildman–Crippen MR) is 143 cm³/mol. The smallest absolute Gasteiger partial charge is 0.277 e. The number of piperidine rings is 1. The molecular formula is C28H30N4O2S. The van der Waals surface area contributed by atoms with Gasteiger partial charge in [-0.3, -0.25) is 9.59 Å². The van der Waals surface area contributed by atoms with Gasteiger partial charge in [0.05, 0.1) is 17.1 Å². The highest BCUT2D eigenvalue weighted by molar-refractivity contribution is 7.17. The summed E-state index contributed by atoms with van der Waals surface area (Å²) >= 11 is 1.42. The highest BCUT2D eigenvalue weighted by Gasteiger charge is 2.29. The lowest BCUT2D eigenvalue weighted by Gasteiger charge is -2.34. The first-order valence-corrected chi connectivity index (χ1v) is 13.1. The van der Waals surface area contributed by atoms with Crippen LogP contribution >= 0.6 is 11.3 Å². The summed E-state index contributed by atoms with van der Waals surface area (Å²) in [5.74, 6) is 0.582. The standard InChI is InChI=1S/C28H30N4O2S/c1-20-8-5-13-23(18-20)32-27(34)25-24(14-17-35-25)30-28(32)31-16-7-12-22(19-31)26(33)29-15-6-11-21-9-3-2-4-10-21/h2-5,8-10,13-14,17-18,22H,6-7,11-12,15-16,19H2,1H3,(H,29,33)/t22-/m0/s1. The van der Waals surface area contributed by atoms with Crippen LogP contribution in [0.3, 0.4) is 0 Å². The second kappa shape index (κ2) is 10.4. The summed E-state index contributed by atoms with van der Waals surface area (Å²) in [6.45, 7) is 4.01. The Morgan fingerprint density at radius 2 is 2.00 bits per heavy atom. The highest BCUT2D eigenvalue weighted by atomic mass is 32.1. The fraction of sp³-hybridized carbons (Fsp3) is 0.321. The maximum Gasteiger partial charge on any atom is 0.277 e. The number of amides is 1. The lowest BCUT2D eigenvalue weighted by Crippen LogP contribution is -2.45. The van der Waals surface area contributed by atoms with Crippen molar-refractivity contribution in [1.29, 1.82) is 0 Å². The van der Waals surface area contributed by atoms with Crippen molar-refractivity contribution < 1.29 is 4.79 Å². The van der Waals surface area contributed by atoms with Crippen LogP contribution in [0.5, 0.6) is 0 Å². The second-order valence-corrected chi connectivity index (χ2v) is 10.1. The molecule has 6 nitrogen and oxygen atoms in total. The average Bonchev–Trinajstić information content (AvgIpc) is 3.36. The quantitative estimate of drug-likeness (QED) is 0.384. The lowest BCUT2D eigenvalue weighted by molar-refractivity contribution is -0.125. The number of nitrogens with one attached hydrogen (secondary N) is 1. The Morgan fingerprint density at radius 3 is 2.83 bits per heavy atom. The molecule has 180 valence electrons. The summed E-state index contributed by atoms with van der Waals surface area (Å²) in [5.41, 5.74) is 3.83. The minimum Gasteiger partial charge on any atom is -0.356 e. The summed E-state index contributed by atoms with van der Waals surface area (Å²) in [4.78, 5) is 33.5. The van der Waals surface area contributed by atoms with Gasteiger partial charge in [-0.2, -0.15) is 0 Å². The zero-order valence-corrected chi connectivity index (χ0v) is 20.8. The number of anilines is 1. The number of thiophene rings is 1. The molecule has 0 radical (unpaired) electrons. The molecule has 1 fully saturated rings. The van der Waals surface area contributed by atoms with Crippen LogP contribution in [-0.4, -0.2) is 35.1 Å². The molecule has 1 aliphatic heterocycles. The van der Waals surface area contributed by atoms with Gasteiger partial charge in [0.1, 0.15) is 4.70 Å². The van der Waals surface area contributed by atoms with Crippen molar-refractivity contribution in [2.24, 2.45) is 5.92 Å². The lowest BCUT2D eigenvalue weighted by atomic mass is 9.97. The van der Waals surface area contributed by atoms with E-state index in [9.17, 15) is 9.59 Å². The van der Waals surface area contributed by atoms with Crippen LogP contribution in [0.25, 0.3) is 15.9 Å². The van der Waals surface area contributed by atoms with E-state index < -0.39 is 0 Å². The van der Waals surface area contributed by atoms with E-state index >= 15 is 0 Å². The van der Waals surface area contributed by atoms with Crippen molar-refractivity contribution in [3.8, 4) is 5.69 Å². The van der Waals surface area contributed by atoms with E-state index in [0.29, 0.717) is 29.3 Å². The number of rotatable bonds is 7. The number of hydrogen-bond donors (Lipinski definition) is 1. The third-order valence-electron chi connectivity index (χ3n) is 6.58. The van der Waals surface area contributed by atoms with Crippen LogP contribution in [0.4, 0.5) is 5.95 Å². The number of nitrogens with zero attached hydrogens (tertiary/aromatic N) is 3. The van der Waals surface area contributed by atoms with Gasteiger partial charge in [-0.1, -0.05) is 42.5 Å². The SMILES string of the molecule is Cc1cccc(-n2c(N3CCC[C@H](C(=O)NCCCc4ccccc4)C3)nc3ccsc3c2=O)c1. The number of carbonyl (C=O) groups is 1. The Hall–Kier alpha value is -3.45. The molecule has 0 bridgehead atoms. The Morgan fingerprint density at radius 1 is 1.14 bits per heavy atom. The number of benzene rings is 2. The van der Waals surface area contributed by atoms with E-state index in [4.69, 9.17) is 4.98 Å². The summed E-state index contributed by atoms with van der Waals surface area (Å²) in [6, 6.07) is 20.2. The van der Waals surface area contributed by atoms with Crippen molar-refractivity contribution in [2.75, 3.05) is 24.5 Å². The molecule has 1 N–H and O–H groups in total. The first kappa shape index (κ1) is 23.3. The van der Waals surface area contributed by atoms with Gasteiger partial charge in [-0.15, -0.1) is 11.3 Å². The van der Waals surface area contributed by atoms with Crippen LogP contribution in [0.2, 0.25) is 0 Å². The van der Waals surface area contributed by atoms with Crippen LogP contribution in [-0.2, 0) is 11.2 Å². The molecular weight excluding hydrogens is 456 g/mol. The fourth-order valence-corrected chi connectivity index (χ4v) is 5.54. The van der Waals surface area contributed by atoms with Crippen molar-refractivity contribution >= 4 is 33.4 Å². The predicted octanol–water partition coefficient (Wildman–Crippen LogP) is 4.72. The maximum absolute atomic E-state index is 13.5. The van der Waals surface area contributed by atoms with Gasteiger partial charge in [-0.05, 0) is 67.3 Å². The molecule has 2 aromatic carbocycles. The van der Waals surface area contributed by atoms with E-state index in [1.165, 1.54) is 16.9 Å². The second-order valence-electron chi connectivity index (χ2n) is 9.19. The summed E-state index contributed by atoms with van der Waals surface area (Å²) < 4.78 is 2.37. The van der Waals surface area contributed by atoms with Gasteiger partial charge in [0, 0.05) is 19.6 Å². The summed E-state index contributed by atoms with van der Waals surface area (Å²) in [7, 11) is 0. The Kier molecular flexibility index (Phi) is 6.95. The molecule has 1 saturated heterocycles. The molecule has 1 aliphatic rings. The maximum atomic E-state index is 13.5.